The Bertz CT molecular complexity index is 569. The van der Waals surface area contributed by atoms with Gasteiger partial charge in [0.2, 0.25) is 0 Å². The lowest BCUT2D eigenvalue weighted by Crippen LogP contribution is -2.48. The van der Waals surface area contributed by atoms with E-state index in [1.165, 1.54) is 13.5 Å². The molecule has 4 atom stereocenters. The number of carbonyl (C=O) groups excluding carboxylic acids is 2. The molecule has 1 amide bonds. The Morgan fingerprint density at radius 2 is 1.83 bits per heavy atom. The van der Waals surface area contributed by atoms with E-state index in [9.17, 15) is 9.59 Å². The van der Waals surface area contributed by atoms with Gasteiger partial charge in [-0.2, -0.15) is 0 Å². The van der Waals surface area contributed by atoms with E-state index in [1.54, 1.807) is 31.2 Å². The van der Waals surface area contributed by atoms with Crippen LogP contribution < -0.4 is 10.1 Å². The van der Waals surface area contributed by atoms with Gasteiger partial charge in [-0.05, 0) is 49.4 Å². The lowest BCUT2D eigenvalue weighted by molar-refractivity contribution is -0.128. The Morgan fingerprint density at radius 3 is 2.46 bits per heavy atom. The average Bonchev–Trinajstić information content (AvgIpc) is 2.58. The molecule has 1 aliphatic carbocycles. The van der Waals surface area contributed by atoms with Gasteiger partial charge in [-0.3, -0.25) is 4.79 Å². The second-order valence-corrected chi connectivity index (χ2v) is 6.66. The second-order valence-electron chi connectivity index (χ2n) is 6.66. The molecule has 0 radical (unpaired) electrons. The van der Waals surface area contributed by atoms with Crippen LogP contribution in [0, 0.1) is 11.8 Å². The van der Waals surface area contributed by atoms with Gasteiger partial charge in [0.15, 0.2) is 6.10 Å². The molecule has 0 saturated heterocycles. The first kappa shape index (κ1) is 18.3. The van der Waals surface area contributed by atoms with Crippen molar-refractivity contribution in [2.45, 2.75) is 52.2 Å². The Hall–Kier alpha value is -2.04. The van der Waals surface area contributed by atoms with Gasteiger partial charge in [-0.25, -0.2) is 4.79 Å². The van der Waals surface area contributed by atoms with Crippen molar-refractivity contribution in [2.75, 3.05) is 7.11 Å². The first-order valence-corrected chi connectivity index (χ1v) is 8.57. The maximum absolute atomic E-state index is 12.4. The molecule has 1 N–H and O–H groups in total. The maximum atomic E-state index is 12.4. The van der Waals surface area contributed by atoms with Crippen LogP contribution in [0.4, 0.5) is 0 Å². The zero-order valence-electron chi connectivity index (χ0n) is 14.9. The summed E-state index contributed by atoms with van der Waals surface area (Å²) in [5.41, 5.74) is 0.451. The fourth-order valence-corrected chi connectivity index (χ4v) is 3.13. The highest BCUT2D eigenvalue weighted by Crippen LogP contribution is 2.29. The number of amides is 1. The predicted molar refractivity (Wildman–Crippen MR) is 92.0 cm³/mol. The molecule has 1 saturated carbocycles. The van der Waals surface area contributed by atoms with Crippen LogP contribution in [0.1, 0.15) is 50.4 Å². The molecule has 0 spiro atoms. The van der Waals surface area contributed by atoms with Crippen LogP contribution in [0.15, 0.2) is 24.3 Å². The Labute approximate surface area is 143 Å². The summed E-state index contributed by atoms with van der Waals surface area (Å²) in [5.74, 6) is 1.17. The molecule has 1 fully saturated rings. The van der Waals surface area contributed by atoms with Crippen LogP contribution in [0.2, 0.25) is 0 Å². The molecule has 1 aromatic rings. The van der Waals surface area contributed by atoms with E-state index < -0.39 is 12.1 Å². The number of carbonyl (C=O) groups is 2. The number of methoxy groups -OCH3 is 1. The van der Waals surface area contributed by atoms with E-state index >= 15 is 0 Å². The average molecular weight is 333 g/mol. The van der Waals surface area contributed by atoms with E-state index in [0.29, 0.717) is 23.1 Å². The van der Waals surface area contributed by atoms with Crippen molar-refractivity contribution in [3.63, 3.8) is 0 Å². The Kier molecular flexibility index (Phi) is 6.23. The van der Waals surface area contributed by atoms with Gasteiger partial charge in [0.1, 0.15) is 5.75 Å². The van der Waals surface area contributed by atoms with Crippen molar-refractivity contribution < 1.29 is 19.1 Å². The molecule has 0 aromatic heterocycles. The molecule has 1 aliphatic rings. The molecule has 0 unspecified atom stereocenters. The summed E-state index contributed by atoms with van der Waals surface area (Å²) in [5, 5.41) is 3.12. The number of hydrogen-bond donors (Lipinski definition) is 1. The summed E-state index contributed by atoms with van der Waals surface area (Å²) in [6, 6.07) is 6.80. The molecular weight excluding hydrogens is 306 g/mol. The van der Waals surface area contributed by atoms with Crippen LogP contribution in [0.5, 0.6) is 5.75 Å². The first-order chi connectivity index (χ1) is 11.4. The lowest BCUT2D eigenvalue weighted by atomic mass is 9.78. The van der Waals surface area contributed by atoms with Crippen molar-refractivity contribution in [3.05, 3.63) is 29.8 Å². The highest BCUT2D eigenvalue weighted by atomic mass is 16.5. The fraction of sp³-hybridized carbons (Fsp3) is 0.579. The molecular formula is C19H27NO4. The van der Waals surface area contributed by atoms with E-state index in [2.05, 4.69) is 23.9 Å². The minimum atomic E-state index is -0.585. The molecule has 2 rings (SSSR count). The third kappa shape index (κ3) is 4.49. The summed E-state index contributed by atoms with van der Waals surface area (Å²) in [7, 11) is 1.34. The minimum Gasteiger partial charge on any atom is -0.481 e. The van der Waals surface area contributed by atoms with Gasteiger partial charge >= 0.3 is 5.97 Å². The van der Waals surface area contributed by atoms with Crippen LogP contribution in [0.25, 0.3) is 0 Å². The summed E-state index contributed by atoms with van der Waals surface area (Å²) in [4.78, 5) is 23.8. The number of esters is 1. The fourth-order valence-electron chi connectivity index (χ4n) is 3.13. The maximum Gasteiger partial charge on any atom is 0.337 e. The smallest absolute Gasteiger partial charge is 0.337 e. The number of benzene rings is 1. The first-order valence-electron chi connectivity index (χ1n) is 8.57. The van der Waals surface area contributed by atoms with Crippen molar-refractivity contribution >= 4 is 11.9 Å². The van der Waals surface area contributed by atoms with Gasteiger partial charge < -0.3 is 14.8 Å². The van der Waals surface area contributed by atoms with Gasteiger partial charge in [0, 0.05) is 6.04 Å². The summed E-state index contributed by atoms with van der Waals surface area (Å²) >= 11 is 0. The third-order valence-corrected chi connectivity index (χ3v) is 4.99. The minimum absolute atomic E-state index is 0.0991. The highest BCUT2D eigenvalue weighted by Gasteiger charge is 2.29. The Morgan fingerprint density at radius 1 is 1.17 bits per heavy atom. The third-order valence-electron chi connectivity index (χ3n) is 4.99. The number of nitrogens with one attached hydrogen (secondary N) is 1. The normalized spacial score (nSPS) is 24.8. The van der Waals surface area contributed by atoms with Crippen molar-refractivity contribution in [1.82, 2.24) is 5.32 Å². The van der Waals surface area contributed by atoms with E-state index in [4.69, 9.17) is 4.74 Å². The summed E-state index contributed by atoms with van der Waals surface area (Å²) < 4.78 is 10.3. The quantitative estimate of drug-likeness (QED) is 0.841. The van der Waals surface area contributed by atoms with Crippen LogP contribution in [-0.2, 0) is 9.53 Å². The van der Waals surface area contributed by atoms with Gasteiger partial charge in [0.25, 0.3) is 5.91 Å². The molecule has 5 heteroatoms. The van der Waals surface area contributed by atoms with E-state index in [-0.39, 0.29) is 11.9 Å². The van der Waals surface area contributed by atoms with Gasteiger partial charge in [0.05, 0.1) is 12.7 Å². The molecule has 0 aliphatic heterocycles. The van der Waals surface area contributed by atoms with Crippen LogP contribution in [-0.4, -0.2) is 31.1 Å². The predicted octanol–water partition coefficient (Wildman–Crippen LogP) is 3.18. The van der Waals surface area contributed by atoms with E-state index in [0.717, 1.165) is 12.8 Å². The number of hydrogen-bond acceptors (Lipinski definition) is 4. The largest absolute Gasteiger partial charge is 0.481 e. The van der Waals surface area contributed by atoms with Crippen molar-refractivity contribution in [3.8, 4) is 5.75 Å². The summed E-state index contributed by atoms with van der Waals surface area (Å²) in [6.07, 6.45) is 2.82. The number of rotatable bonds is 5. The molecule has 5 nitrogen and oxygen atoms in total. The van der Waals surface area contributed by atoms with Crippen molar-refractivity contribution in [1.29, 1.82) is 0 Å². The number of ether oxygens (including phenoxy) is 2. The topological polar surface area (TPSA) is 64.6 Å². The molecule has 132 valence electrons. The SMILES string of the molecule is COC(=O)c1ccc(O[C@H](C)C(=O)N[C@H]2CCC[C@H](C)[C@H]2C)cc1. The zero-order valence-corrected chi connectivity index (χ0v) is 14.9. The Balaban J connectivity index is 1.90. The molecule has 24 heavy (non-hydrogen) atoms. The van der Waals surface area contributed by atoms with E-state index in [1.807, 2.05) is 0 Å². The molecule has 0 bridgehead atoms. The van der Waals surface area contributed by atoms with Crippen molar-refractivity contribution in [2.24, 2.45) is 11.8 Å². The van der Waals surface area contributed by atoms with Gasteiger partial charge in [-0.15, -0.1) is 0 Å². The summed E-state index contributed by atoms with van der Waals surface area (Å²) in [6.45, 7) is 6.18. The molecule has 1 aromatic carbocycles. The van der Waals surface area contributed by atoms with Crippen LogP contribution in [0.3, 0.4) is 0 Å². The second kappa shape index (κ2) is 8.18. The van der Waals surface area contributed by atoms with Gasteiger partial charge in [-0.1, -0.05) is 26.7 Å². The monoisotopic (exact) mass is 333 g/mol. The highest BCUT2D eigenvalue weighted by molar-refractivity contribution is 5.89. The van der Waals surface area contributed by atoms with Crippen LogP contribution >= 0.6 is 0 Å². The molecule has 0 heterocycles. The lowest BCUT2D eigenvalue weighted by Gasteiger charge is -2.35. The zero-order chi connectivity index (χ0) is 17.7. The standard InChI is InChI=1S/C19H27NO4/c1-12-6-5-7-17(13(12)2)20-18(21)14(3)24-16-10-8-15(9-11-16)19(22)23-4/h8-14,17H,5-7H2,1-4H3,(H,20,21)/t12-,13+,14+,17-/m0/s1.